The minimum atomic E-state index is 0.580. The smallest absolute Gasteiger partial charge is 0.302 e. The van der Waals surface area contributed by atoms with Crippen LogP contribution in [0.3, 0.4) is 0 Å². The molecule has 1 aliphatic rings. The van der Waals surface area contributed by atoms with E-state index in [0.29, 0.717) is 18.5 Å². The lowest BCUT2D eigenvalue weighted by molar-refractivity contribution is -0.0312. The molecule has 172 valence electrons. The fourth-order valence-electron chi connectivity index (χ4n) is 4.43. The highest BCUT2D eigenvalue weighted by Gasteiger charge is 2.19. The molecular weight excluding hydrogens is 426 g/mol. The Bertz CT molecular complexity index is 1460. The third kappa shape index (κ3) is 3.88. The number of imidazole rings is 2. The Hall–Kier alpha value is -3.84. The average Bonchev–Trinajstić information content (AvgIpc) is 3.32. The number of para-hydroxylation sites is 2. The van der Waals surface area contributed by atoms with Gasteiger partial charge in [0.2, 0.25) is 5.95 Å². The maximum Gasteiger partial charge on any atom is 0.302 e. The number of aryl methyl sites for hydroxylation is 2. The van der Waals surface area contributed by atoms with Crippen LogP contribution in [0.2, 0.25) is 0 Å². The molecular formula is C27H27N5O2. The van der Waals surface area contributed by atoms with E-state index in [-0.39, 0.29) is 0 Å². The lowest BCUT2D eigenvalue weighted by atomic mass is 9.98. The summed E-state index contributed by atoms with van der Waals surface area (Å²) in [4.78, 5) is 9.35. The molecule has 6 rings (SSSR count). The van der Waals surface area contributed by atoms with E-state index < -0.39 is 0 Å². The minimum Gasteiger partial charge on any atom is -0.426 e. The molecule has 34 heavy (non-hydrogen) atoms. The Balaban J connectivity index is 1.13. The molecule has 0 bridgehead atoms. The molecule has 0 amide bonds. The van der Waals surface area contributed by atoms with Gasteiger partial charge in [0, 0.05) is 26.6 Å². The van der Waals surface area contributed by atoms with Crippen molar-refractivity contribution in [3.63, 3.8) is 0 Å². The Kier molecular flexibility index (Phi) is 5.19. The highest BCUT2D eigenvalue weighted by Crippen LogP contribution is 2.26. The Morgan fingerprint density at radius 3 is 2.41 bits per heavy atom. The van der Waals surface area contributed by atoms with Crippen molar-refractivity contribution in [3.05, 3.63) is 77.9 Å². The molecule has 1 saturated heterocycles. The van der Waals surface area contributed by atoms with Crippen molar-refractivity contribution in [1.82, 2.24) is 19.1 Å². The maximum absolute atomic E-state index is 6.03. The van der Waals surface area contributed by atoms with Gasteiger partial charge >= 0.3 is 6.01 Å². The molecule has 0 saturated carbocycles. The van der Waals surface area contributed by atoms with Crippen LogP contribution in [0.5, 0.6) is 11.8 Å². The first-order valence-corrected chi connectivity index (χ1v) is 11.6. The highest BCUT2D eigenvalue weighted by molar-refractivity contribution is 5.79. The molecule has 3 aromatic carbocycles. The van der Waals surface area contributed by atoms with Gasteiger partial charge in [-0.1, -0.05) is 30.3 Å². The molecule has 1 N–H and O–H groups in total. The summed E-state index contributed by atoms with van der Waals surface area (Å²) < 4.78 is 15.4. The lowest BCUT2D eigenvalue weighted by Crippen LogP contribution is -2.29. The second-order valence-corrected chi connectivity index (χ2v) is 8.97. The van der Waals surface area contributed by atoms with Gasteiger partial charge < -0.3 is 19.4 Å². The SMILES string of the molecule is Cn1c(NCc2ccc(Oc3nc4ccccc4n3C)cc2)nc2ccc(CC3COC3)cc21. The summed E-state index contributed by atoms with van der Waals surface area (Å²) >= 11 is 0. The zero-order valence-corrected chi connectivity index (χ0v) is 19.4. The summed E-state index contributed by atoms with van der Waals surface area (Å²) in [6.45, 7) is 2.42. The van der Waals surface area contributed by atoms with Gasteiger partial charge in [0.15, 0.2) is 0 Å². The normalized spacial score (nSPS) is 13.9. The molecule has 0 aliphatic carbocycles. The van der Waals surface area contributed by atoms with Crippen LogP contribution in [0.1, 0.15) is 11.1 Å². The number of fused-ring (bicyclic) bond motifs is 2. The predicted molar refractivity (Wildman–Crippen MR) is 133 cm³/mol. The number of hydrogen-bond acceptors (Lipinski definition) is 5. The highest BCUT2D eigenvalue weighted by atomic mass is 16.5. The predicted octanol–water partition coefficient (Wildman–Crippen LogP) is 5.05. The summed E-state index contributed by atoms with van der Waals surface area (Å²) in [5.74, 6) is 2.26. The first-order chi connectivity index (χ1) is 16.6. The third-order valence-corrected chi connectivity index (χ3v) is 6.51. The van der Waals surface area contributed by atoms with Gasteiger partial charge in [0.25, 0.3) is 0 Å². The standard InChI is InChI=1S/C27H27N5O2/c1-31-25-14-19(13-20-16-33-17-20)9-12-23(25)29-26(31)28-15-18-7-10-21(11-8-18)34-27-30-22-5-3-4-6-24(22)32(27)2/h3-12,14,20H,13,15-17H2,1-2H3,(H,28,29). The van der Waals surface area contributed by atoms with Gasteiger partial charge in [-0.3, -0.25) is 4.57 Å². The van der Waals surface area contributed by atoms with Crippen LogP contribution >= 0.6 is 0 Å². The number of nitrogens with zero attached hydrogens (tertiary/aromatic N) is 4. The molecule has 1 aliphatic heterocycles. The quantitative estimate of drug-likeness (QED) is 0.373. The van der Waals surface area contributed by atoms with Crippen molar-refractivity contribution in [2.45, 2.75) is 13.0 Å². The zero-order valence-electron chi connectivity index (χ0n) is 19.4. The van der Waals surface area contributed by atoms with Crippen molar-refractivity contribution >= 4 is 28.0 Å². The van der Waals surface area contributed by atoms with Gasteiger partial charge in [-0.05, 0) is 53.9 Å². The average molecular weight is 454 g/mol. The fraction of sp³-hybridized carbons (Fsp3) is 0.259. The molecule has 2 aromatic heterocycles. The topological polar surface area (TPSA) is 66.1 Å². The van der Waals surface area contributed by atoms with Crippen LogP contribution in [0.25, 0.3) is 22.1 Å². The summed E-state index contributed by atoms with van der Waals surface area (Å²) in [6.07, 6.45) is 1.06. The Morgan fingerprint density at radius 2 is 1.65 bits per heavy atom. The molecule has 0 spiro atoms. The first kappa shape index (κ1) is 20.7. The van der Waals surface area contributed by atoms with Crippen LogP contribution in [0.15, 0.2) is 66.7 Å². The van der Waals surface area contributed by atoms with Crippen LogP contribution < -0.4 is 10.1 Å². The summed E-state index contributed by atoms with van der Waals surface area (Å²) in [5, 5.41) is 3.47. The summed E-state index contributed by atoms with van der Waals surface area (Å²) in [5.41, 5.74) is 6.61. The number of aromatic nitrogens is 4. The van der Waals surface area contributed by atoms with Gasteiger partial charge in [-0.2, -0.15) is 4.98 Å². The number of anilines is 1. The van der Waals surface area contributed by atoms with Gasteiger partial charge in [-0.15, -0.1) is 0 Å². The van der Waals surface area contributed by atoms with Gasteiger partial charge in [0.1, 0.15) is 5.75 Å². The number of benzene rings is 3. The van der Waals surface area contributed by atoms with E-state index in [0.717, 1.165) is 59.0 Å². The number of nitrogens with one attached hydrogen (secondary N) is 1. The molecule has 7 heteroatoms. The molecule has 1 fully saturated rings. The van der Waals surface area contributed by atoms with E-state index in [2.05, 4.69) is 52.2 Å². The van der Waals surface area contributed by atoms with Crippen LogP contribution in [0, 0.1) is 5.92 Å². The molecule has 0 atom stereocenters. The van der Waals surface area contributed by atoms with Crippen LogP contribution in [-0.2, 0) is 31.8 Å². The maximum atomic E-state index is 6.03. The van der Waals surface area contributed by atoms with E-state index in [1.165, 1.54) is 5.56 Å². The zero-order chi connectivity index (χ0) is 23.1. The fourth-order valence-corrected chi connectivity index (χ4v) is 4.43. The number of hydrogen-bond donors (Lipinski definition) is 1. The molecule has 0 unspecified atom stereocenters. The van der Waals surface area contributed by atoms with Crippen molar-refractivity contribution < 1.29 is 9.47 Å². The Morgan fingerprint density at radius 1 is 0.882 bits per heavy atom. The van der Waals surface area contributed by atoms with E-state index in [1.54, 1.807) is 0 Å². The second-order valence-electron chi connectivity index (χ2n) is 8.97. The molecule has 7 nitrogen and oxygen atoms in total. The third-order valence-electron chi connectivity index (χ3n) is 6.51. The van der Waals surface area contributed by atoms with E-state index in [1.807, 2.05) is 48.0 Å². The second kappa shape index (κ2) is 8.50. The van der Waals surface area contributed by atoms with Crippen molar-refractivity contribution in [1.29, 1.82) is 0 Å². The molecule has 0 radical (unpaired) electrons. The first-order valence-electron chi connectivity index (χ1n) is 11.6. The summed E-state index contributed by atoms with van der Waals surface area (Å²) in [6, 6.07) is 23.2. The monoisotopic (exact) mass is 453 g/mol. The van der Waals surface area contributed by atoms with Gasteiger partial charge in [0.05, 0.1) is 35.3 Å². The Labute approximate surface area is 198 Å². The van der Waals surface area contributed by atoms with Gasteiger partial charge in [-0.25, -0.2) is 4.98 Å². The lowest BCUT2D eigenvalue weighted by Gasteiger charge is -2.25. The van der Waals surface area contributed by atoms with Crippen LogP contribution in [0.4, 0.5) is 5.95 Å². The molecule has 3 heterocycles. The van der Waals surface area contributed by atoms with Crippen LogP contribution in [-0.4, -0.2) is 32.3 Å². The van der Waals surface area contributed by atoms with Crippen molar-refractivity contribution in [2.24, 2.45) is 20.0 Å². The number of ether oxygens (including phenoxy) is 2. The number of rotatable bonds is 7. The van der Waals surface area contributed by atoms with E-state index >= 15 is 0 Å². The van der Waals surface area contributed by atoms with E-state index in [9.17, 15) is 0 Å². The molecule has 5 aromatic rings. The van der Waals surface area contributed by atoms with E-state index in [4.69, 9.17) is 14.5 Å². The largest absolute Gasteiger partial charge is 0.426 e. The summed E-state index contributed by atoms with van der Waals surface area (Å²) in [7, 11) is 4.02. The van der Waals surface area contributed by atoms with Crippen molar-refractivity contribution in [2.75, 3.05) is 18.5 Å². The van der Waals surface area contributed by atoms with Crippen molar-refractivity contribution in [3.8, 4) is 11.8 Å². The minimum absolute atomic E-state index is 0.580.